The van der Waals surface area contributed by atoms with Gasteiger partial charge in [0.2, 0.25) is 5.91 Å². The maximum Gasteiger partial charge on any atom is 0.305 e. The van der Waals surface area contributed by atoms with Crippen molar-refractivity contribution in [3.8, 4) is 0 Å². The third-order valence-electron chi connectivity index (χ3n) is 17.3. The number of hydrogen-bond donors (Lipinski definition) is 3. The second-order valence-electron chi connectivity index (χ2n) is 25.3. The number of hydrogen-bond acceptors (Lipinski definition) is 5. The molecule has 0 aromatic carbocycles. The average Bonchev–Trinajstić information content (AvgIpc) is 3.45. The predicted molar refractivity (Wildman–Crippen MR) is 347 cm³/mol. The lowest BCUT2D eigenvalue weighted by Crippen LogP contribution is -2.45. The first-order chi connectivity index (χ1) is 39.0. The van der Waals surface area contributed by atoms with Gasteiger partial charge in [-0.25, -0.2) is 0 Å². The summed E-state index contributed by atoms with van der Waals surface area (Å²) >= 11 is 0. The quantitative estimate of drug-likeness (QED) is 0.0320. The molecule has 0 saturated heterocycles. The molecule has 2 atom stereocenters. The largest absolute Gasteiger partial charge is 0.466 e. The van der Waals surface area contributed by atoms with E-state index in [1.165, 1.54) is 353 Å². The molecule has 0 rings (SSSR count). The van der Waals surface area contributed by atoms with Gasteiger partial charge in [0, 0.05) is 12.8 Å². The standard InChI is InChI=1S/C73H143NO5/c1-3-5-7-9-11-13-15-17-19-34-39-43-47-51-55-59-63-67-73(78)79-68-64-60-56-52-48-44-40-36-33-31-29-27-25-23-21-22-24-26-28-30-32-35-38-42-46-50-54-58-62-66-72(77)74-70(69-75)71(76)65-61-57-53-49-45-41-37-20-18-16-14-12-10-8-6-4-2/h61,65,70-71,75-76H,3-60,62-64,66-69H2,1-2H3,(H,74,77)/b65-61+. The van der Waals surface area contributed by atoms with E-state index < -0.39 is 12.1 Å². The van der Waals surface area contributed by atoms with Gasteiger partial charge in [-0.05, 0) is 32.1 Å². The molecule has 0 radical (unpaired) electrons. The molecular formula is C73H143NO5. The van der Waals surface area contributed by atoms with Gasteiger partial charge in [0.25, 0.3) is 0 Å². The van der Waals surface area contributed by atoms with Crippen LogP contribution in [0, 0.1) is 0 Å². The molecule has 0 saturated carbocycles. The summed E-state index contributed by atoms with van der Waals surface area (Å²) in [4.78, 5) is 24.6. The number of ether oxygens (including phenoxy) is 1. The van der Waals surface area contributed by atoms with E-state index in [4.69, 9.17) is 4.74 Å². The van der Waals surface area contributed by atoms with Crippen LogP contribution in [-0.4, -0.2) is 47.4 Å². The highest BCUT2D eigenvalue weighted by Gasteiger charge is 2.18. The summed E-state index contributed by atoms with van der Waals surface area (Å²) in [7, 11) is 0. The van der Waals surface area contributed by atoms with Gasteiger partial charge in [0.05, 0.1) is 25.4 Å². The second-order valence-corrected chi connectivity index (χ2v) is 25.3. The lowest BCUT2D eigenvalue weighted by molar-refractivity contribution is -0.143. The lowest BCUT2D eigenvalue weighted by atomic mass is 10.0. The van der Waals surface area contributed by atoms with Crippen molar-refractivity contribution >= 4 is 11.9 Å². The van der Waals surface area contributed by atoms with Gasteiger partial charge in [-0.3, -0.25) is 9.59 Å². The number of carbonyl (C=O) groups excluding carboxylic acids is 2. The molecule has 0 aromatic rings. The molecule has 0 aromatic heterocycles. The first-order valence-electron chi connectivity index (χ1n) is 36.5. The summed E-state index contributed by atoms with van der Waals surface area (Å²) in [5.41, 5.74) is 0. The van der Waals surface area contributed by atoms with E-state index in [-0.39, 0.29) is 18.5 Å². The number of aliphatic hydroxyl groups is 2. The molecule has 6 nitrogen and oxygen atoms in total. The normalized spacial score (nSPS) is 12.5. The molecule has 0 bridgehead atoms. The van der Waals surface area contributed by atoms with Crippen LogP contribution in [0.5, 0.6) is 0 Å². The van der Waals surface area contributed by atoms with Gasteiger partial charge in [-0.2, -0.15) is 0 Å². The Labute approximate surface area is 495 Å². The highest BCUT2D eigenvalue weighted by molar-refractivity contribution is 5.76. The summed E-state index contributed by atoms with van der Waals surface area (Å²) < 4.78 is 5.51. The molecule has 0 fully saturated rings. The van der Waals surface area contributed by atoms with Crippen LogP contribution in [0.15, 0.2) is 12.2 Å². The van der Waals surface area contributed by atoms with Gasteiger partial charge in [0.15, 0.2) is 0 Å². The molecule has 1 amide bonds. The van der Waals surface area contributed by atoms with Crippen LogP contribution in [0.3, 0.4) is 0 Å². The van der Waals surface area contributed by atoms with E-state index in [1.54, 1.807) is 6.08 Å². The Hall–Kier alpha value is -1.40. The summed E-state index contributed by atoms with van der Waals surface area (Å²) in [6.45, 7) is 4.95. The zero-order valence-corrected chi connectivity index (χ0v) is 53.9. The predicted octanol–water partition coefficient (Wildman–Crippen LogP) is 23.5. The second kappa shape index (κ2) is 69.1. The van der Waals surface area contributed by atoms with Crippen molar-refractivity contribution in [3.05, 3.63) is 12.2 Å². The fourth-order valence-corrected chi connectivity index (χ4v) is 11.8. The van der Waals surface area contributed by atoms with Crippen molar-refractivity contribution < 1.29 is 24.5 Å². The van der Waals surface area contributed by atoms with Crippen molar-refractivity contribution in [1.29, 1.82) is 0 Å². The average molecular weight is 1110 g/mol. The van der Waals surface area contributed by atoms with Crippen molar-refractivity contribution in [3.63, 3.8) is 0 Å². The maximum atomic E-state index is 12.5. The van der Waals surface area contributed by atoms with Gasteiger partial charge in [0.1, 0.15) is 0 Å². The Bertz CT molecular complexity index is 1190. The molecule has 0 aliphatic heterocycles. The summed E-state index contributed by atoms with van der Waals surface area (Å²) in [5.74, 6) is -0.0368. The Kier molecular flexibility index (Phi) is 67.9. The SMILES string of the molecule is CCCCCCCCCCCCCCCC/C=C/C(O)C(CO)NC(=O)CCCCCCCCCCCCCCCCCCCCCCCCCCCCCCCOC(=O)CCCCCCCCCCCCCCCCCCC. The number of carbonyl (C=O) groups is 2. The molecule has 79 heavy (non-hydrogen) atoms. The van der Waals surface area contributed by atoms with Crippen LogP contribution in [0.25, 0.3) is 0 Å². The van der Waals surface area contributed by atoms with Crippen LogP contribution in [-0.2, 0) is 14.3 Å². The summed E-state index contributed by atoms with van der Waals surface area (Å²) in [6, 6.07) is -0.624. The van der Waals surface area contributed by atoms with Crippen molar-refractivity contribution in [2.45, 2.75) is 431 Å². The van der Waals surface area contributed by atoms with E-state index in [0.717, 1.165) is 38.5 Å². The van der Waals surface area contributed by atoms with E-state index in [2.05, 4.69) is 19.2 Å². The van der Waals surface area contributed by atoms with Crippen LogP contribution in [0.4, 0.5) is 0 Å². The molecule has 0 aliphatic rings. The van der Waals surface area contributed by atoms with Crippen LogP contribution < -0.4 is 5.32 Å². The Balaban J connectivity index is 3.33. The monoisotopic (exact) mass is 1110 g/mol. The molecule has 2 unspecified atom stereocenters. The van der Waals surface area contributed by atoms with Gasteiger partial charge >= 0.3 is 5.97 Å². The third kappa shape index (κ3) is 65.6. The molecule has 6 heteroatoms. The minimum absolute atomic E-state index is 0.0241. The van der Waals surface area contributed by atoms with Crippen molar-refractivity contribution in [2.75, 3.05) is 13.2 Å². The number of unbranched alkanes of at least 4 members (excludes halogenated alkanes) is 58. The highest BCUT2D eigenvalue weighted by Crippen LogP contribution is 2.19. The molecular weight excluding hydrogens is 971 g/mol. The Morgan fingerprint density at radius 3 is 0.861 bits per heavy atom. The van der Waals surface area contributed by atoms with Crippen molar-refractivity contribution in [2.24, 2.45) is 0 Å². The fraction of sp³-hybridized carbons (Fsp3) is 0.945. The zero-order chi connectivity index (χ0) is 57.1. The lowest BCUT2D eigenvalue weighted by Gasteiger charge is -2.20. The van der Waals surface area contributed by atoms with Gasteiger partial charge in [-0.15, -0.1) is 0 Å². The number of aliphatic hydroxyl groups excluding tert-OH is 2. The number of nitrogens with one attached hydrogen (secondary N) is 1. The fourth-order valence-electron chi connectivity index (χ4n) is 11.8. The van der Waals surface area contributed by atoms with Crippen LogP contribution in [0.1, 0.15) is 418 Å². The van der Waals surface area contributed by atoms with E-state index in [0.29, 0.717) is 19.4 Å². The third-order valence-corrected chi connectivity index (χ3v) is 17.3. The van der Waals surface area contributed by atoms with E-state index in [9.17, 15) is 19.8 Å². The maximum absolute atomic E-state index is 12.5. The minimum atomic E-state index is -0.841. The summed E-state index contributed by atoms with van der Waals surface area (Å²) in [5, 5.41) is 23.2. The van der Waals surface area contributed by atoms with Crippen molar-refractivity contribution in [1.82, 2.24) is 5.32 Å². The zero-order valence-electron chi connectivity index (χ0n) is 53.9. The molecule has 0 spiro atoms. The number of allylic oxidation sites excluding steroid dienone is 1. The van der Waals surface area contributed by atoms with Crippen LogP contribution >= 0.6 is 0 Å². The van der Waals surface area contributed by atoms with E-state index >= 15 is 0 Å². The molecule has 0 heterocycles. The van der Waals surface area contributed by atoms with Gasteiger partial charge in [-0.1, -0.05) is 386 Å². The number of esters is 1. The highest BCUT2D eigenvalue weighted by atomic mass is 16.5. The minimum Gasteiger partial charge on any atom is -0.466 e. The Morgan fingerprint density at radius 1 is 0.342 bits per heavy atom. The Morgan fingerprint density at radius 2 is 0.582 bits per heavy atom. The first-order valence-corrected chi connectivity index (χ1v) is 36.5. The molecule has 0 aliphatic carbocycles. The van der Waals surface area contributed by atoms with Crippen LogP contribution in [0.2, 0.25) is 0 Å². The summed E-state index contributed by atoms with van der Waals surface area (Å²) in [6.07, 6.45) is 85.9. The number of amides is 1. The topological polar surface area (TPSA) is 95.9 Å². The smallest absolute Gasteiger partial charge is 0.305 e. The molecule has 470 valence electrons. The number of rotatable bonds is 69. The molecule has 3 N–H and O–H groups in total. The first kappa shape index (κ1) is 77.6. The van der Waals surface area contributed by atoms with E-state index in [1.807, 2.05) is 6.08 Å². The van der Waals surface area contributed by atoms with Gasteiger partial charge < -0.3 is 20.3 Å².